The first-order valence-electron chi connectivity index (χ1n) is 10.5. The molecule has 28 heavy (non-hydrogen) atoms. The highest BCUT2D eigenvalue weighted by atomic mass is 16.5. The zero-order valence-corrected chi connectivity index (χ0v) is 17.1. The normalized spacial score (nSPS) is 16.8. The van der Waals surface area contributed by atoms with Crippen LogP contribution in [0.4, 0.5) is 5.82 Å². The smallest absolute Gasteiger partial charge is 0.306 e. The molecular formula is C23H29N3O2. The van der Waals surface area contributed by atoms with Gasteiger partial charge in [-0.15, -0.1) is 0 Å². The lowest BCUT2D eigenvalue weighted by Gasteiger charge is -2.21. The van der Waals surface area contributed by atoms with Gasteiger partial charge in [-0.2, -0.15) is 4.98 Å². The Labute approximate surface area is 166 Å². The summed E-state index contributed by atoms with van der Waals surface area (Å²) in [5.41, 5.74) is 4.25. The van der Waals surface area contributed by atoms with Crippen LogP contribution in [0.15, 0.2) is 28.0 Å². The molecule has 0 atom stereocenters. The summed E-state index contributed by atoms with van der Waals surface area (Å²) in [5.74, 6) is 1.78. The van der Waals surface area contributed by atoms with Crippen LogP contribution < -0.4 is 10.3 Å². The Morgan fingerprint density at radius 3 is 2.64 bits per heavy atom. The summed E-state index contributed by atoms with van der Waals surface area (Å²) in [4.78, 5) is 22.6. The Morgan fingerprint density at radius 1 is 1.14 bits per heavy atom. The van der Waals surface area contributed by atoms with Crippen molar-refractivity contribution in [3.8, 4) is 11.8 Å². The van der Waals surface area contributed by atoms with Crippen molar-refractivity contribution in [1.29, 1.82) is 0 Å². The number of aryl methyl sites for hydroxylation is 2. The first-order chi connectivity index (χ1) is 13.6. The van der Waals surface area contributed by atoms with Gasteiger partial charge in [-0.1, -0.05) is 32.3 Å². The van der Waals surface area contributed by atoms with Gasteiger partial charge in [0, 0.05) is 18.7 Å². The maximum atomic E-state index is 13.2. The highest BCUT2D eigenvalue weighted by Gasteiger charge is 2.29. The second-order valence-electron chi connectivity index (χ2n) is 8.12. The van der Waals surface area contributed by atoms with Gasteiger partial charge in [0.25, 0.3) is 5.56 Å². The maximum Gasteiger partial charge on any atom is 0.306 e. The predicted molar refractivity (Wildman–Crippen MR) is 112 cm³/mol. The van der Waals surface area contributed by atoms with E-state index in [-0.39, 0.29) is 5.56 Å². The van der Waals surface area contributed by atoms with Crippen molar-refractivity contribution in [2.45, 2.75) is 72.3 Å². The second-order valence-corrected chi connectivity index (χ2v) is 8.12. The number of hydrogen-bond donors (Lipinski definition) is 0. The van der Waals surface area contributed by atoms with E-state index in [1.165, 1.54) is 37.7 Å². The van der Waals surface area contributed by atoms with Crippen LogP contribution in [0.5, 0.6) is 11.8 Å². The number of ether oxygens (including phenoxy) is 1. The molecular weight excluding hydrogens is 350 g/mol. The minimum Gasteiger partial charge on any atom is -0.425 e. The van der Waals surface area contributed by atoms with Crippen molar-refractivity contribution in [2.75, 3.05) is 0 Å². The van der Waals surface area contributed by atoms with Crippen molar-refractivity contribution >= 4 is 11.5 Å². The number of fused-ring (bicyclic) bond motifs is 1. The minimum absolute atomic E-state index is 0.000225. The third kappa shape index (κ3) is 3.62. The quantitative estimate of drug-likeness (QED) is 0.711. The molecule has 0 radical (unpaired) electrons. The SMILES string of the molecule is CCCn1c(Oc2ccc(C)c(C)c2)nc2c(c1=O)CC(C1CCCCC1)=N2. The van der Waals surface area contributed by atoms with Crippen LogP contribution in [0.3, 0.4) is 0 Å². The molecule has 0 N–H and O–H groups in total. The van der Waals surface area contributed by atoms with Crippen molar-refractivity contribution in [3.63, 3.8) is 0 Å². The lowest BCUT2D eigenvalue weighted by Crippen LogP contribution is -2.27. The van der Waals surface area contributed by atoms with Gasteiger partial charge in [0.15, 0.2) is 5.82 Å². The summed E-state index contributed by atoms with van der Waals surface area (Å²) >= 11 is 0. The Kier molecular flexibility index (Phi) is 5.33. The molecule has 1 aliphatic carbocycles. The van der Waals surface area contributed by atoms with Crippen molar-refractivity contribution in [2.24, 2.45) is 10.9 Å². The molecule has 148 valence electrons. The summed E-state index contributed by atoms with van der Waals surface area (Å²) in [5, 5.41) is 0. The third-order valence-electron chi connectivity index (χ3n) is 6.02. The molecule has 0 spiro atoms. The van der Waals surface area contributed by atoms with E-state index in [1.807, 2.05) is 18.2 Å². The molecule has 0 unspecified atom stereocenters. The summed E-state index contributed by atoms with van der Waals surface area (Å²) in [7, 11) is 0. The first-order valence-corrected chi connectivity index (χ1v) is 10.5. The fourth-order valence-corrected chi connectivity index (χ4v) is 4.22. The van der Waals surface area contributed by atoms with E-state index in [1.54, 1.807) is 4.57 Å². The molecule has 0 bridgehead atoms. The van der Waals surface area contributed by atoms with Gasteiger partial charge in [0.05, 0.1) is 5.56 Å². The number of benzene rings is 1. The standard InChI is InChI=1S/C23H29N3O2/c1-4-12-26-22(27)19-14-20(17-8-6-5-7-9-17)24-21(19)25-23(26)28-18-11-10-15(2)16(3)13-18/h10-11,13,17H,4-9,12,14H2,1-3H3. The zero-order chi connectivity index (χ0) is 19.7. The van der Waals surface area contributed by atoms with Crippen LogP contribution >= 0.6 is 0 Å². The molecule has 1 aliphatic heterocycles. The Hall–Kier alpha value is -2.43. The zero-order valence-electron chi connectivity index (χ0n) is 17.1. The highest BCUT2D eigenvalue weighted by molar-refractivity contribution is 5.94. The average molecular weight is 380 g/mol. The minimum atomic E-state index is 0.000225. The molecule has 0 saturated heterocycles. The van der Waals surface area contributed by atoms with E-state index in [4.69, 9.17) is 9.73 Å². The Balaban J connectivity index is 1.70. The number of nitrogens with zero attached hydrogens (tertiary/aromatic N) is 3. The lowest BCUT2D eigenvalue weighted by molar-refractivity contribution is 0.395. The summed E-state index contributed by atoms with van der Waals surface area (Å²) < 4.78 is 7.74. The fourth-order valence-electron chi connectivity index (χ4n) is 4.22. The van der Waals surface area contributed by atoms with Gasteiger partial charge in [-0.25, -0.2) is 4.99 Å². The van der Waals surface area contributed by atoms with Gasteiger partial charge < -0.3 is 4.74 Å². The molecule has 1 aromatic carbocycles. The average Bonchev–Trinajstić information content (AvgIpc) is 3.13. The van der Waals surface area contributed by atoms with Gasteiger partial charge in [-0.05, 0) is 62.3 Å². The van der Waals surface area contributed by atoms with Crippen LogP contribution in [-0.2, 0) is 13.0 Å². The molecule has 5 heteroatoms. The molecule has 2 aliphatic rings. The van der Waals surface area contributed by atoms with Crippen molar-refractivity contribution in [3.05, 3.63) is 45.2 Å². The molecule has 2 heterocycles. The van der Waals surface area contributed by atoms with E-state index in [9.17, 15) is 4.79 Å². The maximum absolute atomic E-state index is 13.2. The second kappa shape index (κ2) is 7.90. The third-order valence-corrected chi connectivity index (χ3v) is 6.02. The Morgan fingerprint density at radius 2 is 1.93 bits per heavy atom. The number of aliphatic imine (C=N–C) groups is 1. The van der Waals surface area contributed by atoms with Crippen LogP contribution in [0.1, 0.15) is 62.1 Å². The highest BCUT2D eigenvalue weighted by Crippen LogP contribution is 2.33. The van der Waals surface area contributed by atoms with E-state index >= 15 is 0 Å². The molecule has 2 aromatic rings. The van der Waals surface area contributed by atoms with Gasteiger partial charge >= 0.3 is 6.01 Å². The van der Waals surface area contributed by atoms with Crippen molar-refractivity contribution < 1.29 is 4.74 Å². The van der Waals surface area contributed by atoms with Crippen LogP contribution in [-0.4, -0.2) is 15.3 Å². The van der Waals surface area contributed by atoms with E-state index in [0.717, 1.165) is 23.3 Å². The largest absolute Gasteiger partial charge is 0.425 e. The Bertz CT molecular complexity index is 969. The summed E-state index contributed by atoms with van der Waals surface area (Å²) in [6.07, 6.45) is 7.69. The monoisotopic (exact) mass is 379 g/mol. The molecule has 4 rings (SSSR count). The molecule has 1 saturated carbocycles. The van der Waals surface area contributed by atoms with E-state index < -0.39 is 0 Å². The van der Waals surface area contributed by atoms with Crippen LogP contribution in [0, 0.1) is 19.8 Å². The number of hydrogen-bond acceptors (Lipinski definition) is 4. The lowest BCUT2D eigenvalue weighted by atomic mass is 9.84. The van der Waals surface area contributed by atoms with Gasteiger partial charge in [0.1, 0.15) is 5.75 Å². The summed E-state index contributed by atoms with van der Waals surface area (Å²) in [6.45, 7) is 6.78. The fraction of sp³-hybridized carbons (Fsp3) is 0.522. The van der Waals surface area contributed by atoms with Crippen molar-refractivity contribution in [1.82, 2.24) is 9.55 Å². The summed E-state index contributed by atoms with van der Waals surface area (Å²) in [6, 6.07) is 6.29. The van der Waals surface area contributed by atoms with Gasteiger partial charge in [-0.3, -0.25) is 9.36 Å². The number of aromatic nitrogens is 2. The van der Waals surface area contributed by atoms with Crippen LogP contribution in [0.25, 0.3) is 0 Å². The topological polar surface area (TPSA) is 56.5 Å². The van der Waals surface area contributed by atoms with E-state index in [2.05, 4.69) is 25.8 Å². The first kappa shape index (κ1) is 18.9. The molecule has 1 fully saturated rings. The number of rotatable bonds is 5. The molecule has 0 amide bonds. The predicted octanol–water partition coefficient (Wildman–Crippen LogP) is 5.27. The van der Waals surface area contributed by atoms with Gasteiger partial charge in [0.2, 0.25) is 0 Å². The molecule has 5 nitrogen and oxygen atoms in total. The van der Waals surface area contributed by atoms with Crippen LogP contribution in [0.2, 0.25) is 0 Å². The molecule has 1 aromatic heterocycles. The van der Waals surface area contributed by atoms with E-state index in [0.29, 0.717) is 36.5 Å².